The highest BCUT2D eigenvalue weighted by molar-refractivity contribution is 5.97. The van der Waals surface area contributed by atoms with Crippen molar-refractivity contribution in [1.82, 2.24) is 0 Å². The Morgan fingerprint density at radius 2 is 2.06 bits per heavy atom. The van der Waals surface area contributed by atoms with Crippen LogP contribution in [0.15, 0.2) is 12.1 Å². The lowest BCUT2D eigenvalue weighted by Crippen LogP contribution is -2.11. The summed E-state index contributed by atoms with van der Waals surface area (Å²) in [7, 11) is 1.60. The molecular weight excluding hydrogens is 219 g/mol. The lowest BCUT2D eigenvalue weighted by atomic mass is 9.98. The van der Waals surface area contributed by atoms with E-state index in [0.29, 0.717) is 18.4 Å². The minimum absolute atomic E-state index is 0.0211. The van der Waals surface area contributed by atoms with Gasteiger partial charge in [0.15, 0.2) is 5.78 Å². The SMILES string of the molecule is COC(C)CCC(=O)c1c(C)cc(C)cc1F. The standard InChI is InChI=1S/C14H19FO2/c1-9-7-10(2)14(12(15)8-9)13(16)6-5-11(3)17-4/h7-8,11H,5-6H2,1-4H3. The Hall–Kier alpha value is -1.22. The number of halogens is 1. The topological polar surface area (TPSA) is 26.3 Å². The van der Waals surface area contributed by atoms with Gasteiger partial charge >= 0.3 is 0 Å². The third-order valence-corrected chi connectivity index (χ3v) is 2.89. The van der Waals surface area contributed by atoms with E-state index >= 15 is 0 Å². The fourth-order valence-corrected chi connectivity index (χ4v) is 1.85. The summed E-state index contributed by atoms with van der Waals surface area (Å²) in [4.78, 5) is 11.9. The average Bonchev–Trinajstić information content (AvgIpc) is 2.24. The maximum Gasteiger partial charge on any atom is 0.166 e. The number of Topliss-reactive ketones (excluding diaryl/α,β-unsaturated/α-hetero) is 1. The molecule has 0 aliphatic heterocycles. The van der Waals surface area contributed by atoms with Gasteiger partial charge in [-0.05, 0) is 44.4 Å². The Balaban J connectivity index is 2.82. The van der Waals surface area contributed by atoms with Crippen LogP contribution in [0.2, 0.25) is 0 Å². The first-order chi connectivity index (χ1) is 7.95. The van der Waals surface area contributed by atoms with E-state index in [-0.39, 0.29) is 17.5 Å². The Morgan fingerprint density at radius 3 is 2.59 bits per heavy atom. The molecule has 94 valence electrons. The number of carbonyl (C=O) groups is 1. The van der Waals surface area contributed by atoms with Crippen molar-refractivity contribution in [2.24, 2.45) is 0 Å². The summed E-state index contributed by atoms with van der Waals surface area (Å²) in [6.45, 7) is 5.48. The van der Waals surface area contributed by atoms with Crippen LogP contribution >= 0.6 is 0 Å². The zero-order valence-corrected chi connectivity index (χ0v) is 10.8. The molecular formula is C14H19FO2. The van der Waals surface area contributed by atoms with Crippen LogP contribution in [0, 0.1) is 19.7 Å². The molecule has 0 saturated carbocycles. The van der Waals surface area contributed by atoms with E-state index < -0.39 is 5.82 Å². The van der Waals surface area contributed by atoms with Crippen molar-refractivity contribution in [2.75, 3.05) is 7.11 Å². The molecule has 0 amide bonds. The Morgan fingerprint density at radius 1 is 1.41 bits per heavy atom. The van der Waals surface area contributed by atoms with Gasteiger partial charge in [-0.3, -0.25) is 4.79 Å². The second-order valence-electron chi connectivity index (χ2n) is 4.45. The molecule has 0 aromatic heterocycles. The van der Waals surface area contributed by atoms with Gasteiger partial charge in [0.1, 0.15) is 5.82 Å². The number of rotatable bonds is 5. The summed E-state index contributed by atoms with van der Waals surface area (Å²) in [5.74, 6) is -0.568. The molecule has 1 aromatic carbocycles. The Kier molecular flexibility index (Phi) is 4.82. The van der Waals surface area contributed by atoms with Crippen molar-refractivity contribution in [2.45, 2.75) is 39.7 Å². The number of benzene rings is 1. The summed E-state index contributed by atoms with van der Waals surface area (Å²) in [6.07, 6.45) is 0.950. The molecule has 0 heterocycles. The molecule has 0 aliphatic carbocycles. The maximum absolute atomic E-state index is 13.7. The van der Waals surface area contributed by atoms with Crippen molar-refractivity contribution < 1.29 is 13.9 Å². The van der Waals surface area contributed by atoms with Gasteiger partial charge < -0.3 is 4.74 Å². The van der Waals surface area contributed by atoms with E-state index in [2.05, 4.69) is 0 Å². The molecule has 1 aromatic rings. The zero-order valence-electron chi connectivity index (χ0n) is 10.8. The Labute approximate surface area is 102 Å². The smallest absolute Gasteiger partial charge is 0.166 e. The second kappa shape index (κ2) is 5.92. The van der Waals surface area contributed by atoms with Crippen molar-refractivity contribution >= 4 is 5.78 Å². The largest absolute Gasteiger partial charge is 0.382 e. The van der Waals surface area contributed by atoms with Gasteiger partial charge in [0.25, 0.3) is 0 Å². The van der Waals surface area contributed by atoms with Gasteiger partial charge in [-0.15, -0.1) is 0 Å². The number of hydrogen-bond donors (Lipinski definition) is 0. The highest BCUT2D eigenvalue weighted by atomic mass is 19.1. The minimum atomic E-state index is -0.419. The summed E-state index contributed by atoms with van der Waals surface area (Å²) >= 11 is 0. The van der Waals surface area contributed by atoms with Crippen LogP contribution in [-0.2, 0) is 4.74 Å². The predicted molar refractivity (Wildman–Crippen MR) is 65.9 cm³/mol. The van der Waals surface area contributed by atoms with E-state index in [4.69, 9.17) is 4.74 Å². The molecule has 0 spiro atoms. The number of methoxy groups -OCH3 is 1. The van der Waals surface area contributed by atoms with E-state index in [9.17, 15) is 9.18 Å². The predicted octanol–water partition coefficient (Wildman–Crippen LogP) is 3.44. The normalized spacial score (nSPS) is 12.5. The van der Waals surface area contributed by atoms with Crippen LogP contribution in [0.3, 0.4) is 0 Å². The molecule has 0 bridgehead atoms. The van der Waals surface area contributed by atoms with Gasteiger partial charge in [-0.1, -0.05) is 6.07 Å². The lowest BCUT2D eigenvalue weighted by molar-refractivity contribution is 0.0874. The molecule has 3 heteroatoms. The average molecular weight is 238 g/mol. The molecule has 0 fully saturated rings. The third-order valence-electron chi connectivity index (χ3n) is 2.89. The van der Waals surface area contributed by atoms with E-state index in [1.807, 2.05) is 19.9 Å². The number of aryl methyl sites for hydroxylation is 2. The van der Waals surface area contributed by atoms with Crippen molar-refractivity contribution in [3.8, 4) is 0 Å². The molecule has 0 saturated heterocycles. The molecule has 2 nitrogen and oxygen atoms in total. The molecule has 0 aliphatic rings. The molecule has 0 N–H and O–H groups in total. The first-order valence-corrected chi connectivity index (χ1v) is 5.78. The van der Waals surface area contributed by atoms with Crippen LogP contribution in [0.4, 0.5) is 4.39 Å². The fraction of sp³-hybridized carbons (Fsp3) is 0.500. The number of ether oxygens (including phenoxy) is 1. The fourth-order valence-electron chi connectivity index (χ4n) is 1.85. The molecule has 1 rings (SSSR count). The summed E-state index contributed by atoms with van der Waals surface area (Å²) in [5.41, 5.74) is 1.76. The first-order valence-electron chi connectivity index (χ1n) is 5.78. The number of hydrogen-bond acceptors (Lipinski definition) is 2. The minimum Gasteiger partial charge on any atom is -0.382 e. The van der Waals surface area contributed by atoms with Crippen LogP contribution in [0.1, 0.15) is 41.3 Å². The molecule has 1 atom stereocenters. The monoisotopic (exact) mass is 238 g/mol. The third kappa shape index (κ3) is 3.63. The van der Waals surface area contributed by atoms with Crippen molar-refractivity contribution in [3.05, 3.63) is 34.6 Å². The second-order valence-corrected chi connectivity index (χ2v) is 4.45. The quantitative estimate of drug-likeness (QED) is 0.734. The summed E-state index contributed by atoms with van der Waals surface area (Å²) in [5, 5.41) is 0. The van der Waals surface area contributed by atoms with Crippen molar-refractivity contribution in [1.29, 1.82) is 0 Å². The van der Waals surface area contributed by atoms with Gasteiger partial charge in [0.05, 0.1) is 11.7 Å². The van der Waals surface area contributed by atoms with Crippen LogP contribution < -0.4 is 0 Å². The van der Waals surface area contributed by atoms with Gasteiger partial charge in [0.2, 0.25) is 0 Å². The molecule has 1 unspecified atom stereocenters. The number of carbonyl (C=O) groups excluding carboxylic acids is 1. The summed E-state index contributed by atoms with van der Waals surface area (Å²) in [6, 6.07) is 3.23. The van der Waals surface area contributed by atoms with Crippen LogP contribution in [0.25, 0.3) is 0 Å². The molecule has 0 radical (unpaired) electrons. The van der Waals surface area contributed by atoms with E-state index in [0.717, 1.165) is 5.56 Å². The van der Waals surface area contributed by atoms with E-state index in [1.165, 1.54) is 6.07 Å². The van der Waals surface area contributed by atoms with Gasteiger partial charge in [-0.2, -0.15) is 0 Å². The van der Waals surface area contributed by atoms with Gasteiger partial charge in [0, 0.05) is 13.5 Å². The maximum atomic E-state index is 13.7. The lowest BCUT2D eigenvalue weighted by Gasteiger charge is -2.10. The van der Waals surface area contributed by atoms with Crippen LogP contribution in [-0.4, -0.2) is 19.0 Å². The zero-order chi connectivity index (χ0) is 13.0. The first kappa shape index (κ1) is 13.8. The van der Waals surface area contributed by atoms with Gasteiger partial charge in [-0.25, -0.2) is 4.39 Å². The van der Waals surface area contributed by atoms with Crippen LogP contribution in [0.5, 0.6) is 0 Å². The molecule has 17 heavy (non-hydrogen) atoms. The van der Waals surface area contributed by atoms with E-state index in [1.54, 1.807) is 14.0 Å². The highest BCUT2D eigenvalue weighted by Gasteiger charge is 2.16. The Bertz CT molecular complexity index is 390. The summed E-state index contributed by atoms with van der Waals surface area (Å²) < 4.78 is 18.8. The highest BCUT2D eigenvalue weighted by Crippen LogP contribution is 2.18. The van der Waals surface area contributed by atoms with Crippen molar-refractivity contribution in [3.63, 3.8) is 0 Å². The number of ketones is 1.